The maximum Gasteiger partial charge on any atom is 0.310 e. The highest BCUT2D eigenvalue weighted by Crippen LogP contribution is 2.34. The predicted molar refractivity (Wildman–Crippen MR) is 80.2 cm³/mol. The van der Waals surface area contributed by atoms with Crippen LogP contribution in [0, 0.1) is 11.8 Å². The van der Waals surface area contributed by atoms with Crippen LogP contribution in [0.3, 0.4) is 0 Å². The Labute approximate surface area is 121 Å². The number of hydrogen-bond acceptors (Lipinski definition) is 3. The molecule has 0 heterocycles. The zero-order valence-corrected chi connectivity index (χ0v) is 12.5. The van der Waals surface area contributed by atoms with Crippen LogP contribution in [-0.2, 0) is 16.1 Å². The summed E-state index contributed by atoms with van der Waals surface area (Å²) in [6.07, 6.45) is 3.81. The summed E-state index contributed by atoms with van der Waals surface area (Å²) in [5.41, 5.74) is 1.03. The Morgan fingerprint density at radius 2 is 2.15 bits per heavy atom. The van der Waals surface area contributed by atoms with Crippen LogP contribution in [0.1, 0.15) is 38.7 Å². The first kappa shape index (κ1) is 15.0. The van der Waals surface area contributed by atoms with Gasteiger partial charge in [0.1, 0.15) is 6.61 Å². The summed E-state index contributed by atoms with van der Waals surface area (Å²) < 4.78 is 5.34. The quantitative estimate of drug-likeness (QED) is 0.741. The molecule has 1 aromatic rings. The predicted octanol–water partition coefficient (Wildman–Crippen LogP) is 3.14. The number of benzene rings is 1. The Bertz CT molecular complexity index is 418. The zero-order valence-electron chi connectivity index (χ0n) is 12.5. The van der Waals surface area contributed by atoms with Crippen molar-refractivity contribution in [3.8, 4) is 0 Å². The lowest BCUT2D eigenvalue weighted by molar-refractivity contribution is -0.149. The standard InChI is InChI=1S/C17H25NO2/c1-3-7-15-10-16(15)18-11-13(2)17(19)20-12-14-8-5-4-6-9-14/h4-6,8-9,13,15-16,18H,3,7,10-12H2,1-2H3. The van der Waals surface area contributed by atoms with Crippen LogP contribution in [0.15, 0.2) is 30.3 Å². The molecule has 0 spiro atoms. The number of carbonyl (C=O) groups is 1. The average Bonchev–Trinajstić information content (AvgIpc) is 3.22. The molecule has 1 aliphatic carbocycles. The summed E-state index contributed by atoms with van der Waals surface area (Å²) in [4.78, 5) is 11.9. The van der Waals surface area contributed by atoms with E-state index < -0.39 is 0 Å². The van der Waals surface area contributed by atoms with Gasteiger partial charge in [-0.15, -0.1) is 0 Å². The monoisotopic (exact) mass is 275 g/mol. The highest BCUT2D eigenvalue weighted by molar-refractivity contribution is 5.72. The van der Waals surface area contributed by atoms with Gasteiger partial charge in [0.25, 0.3) is 0 Å². The molecular weight excluding hydrogens is 250 g/mol. The van der Waals surface area contributed by atoms with E-state index in [4.69, 9.17) is 4.74 Å². The van der Waals surface area contributed by atoms with Gasteiger partial charge in [0.15, 0.2) is 0 Å². The van der Waals surface area contributed by atoms with Gasteiger partial charge in [-0.25, -0.2) is 0 Å². The van der Waals surface area contributed by atoms with Gasteiger partial charge < -0.3 is 10.1 Å². The molecule has 0 saturated heterocycles. The number of ether oxygens (including phenoxy) is 1. The fraction of sp³-hybridized carbons (Fsp3) is 0.588. The molecular formula is C17H25NO2. The molecule has 1 saturated carbocycles. The number of rotatable bonds is 8. The molecule has 0 bridgehead atoms. The van der Waals surface area contributed by atoms with Gasteiger partial charge in [0, 0.05) is 12.6 Å². The van der Waals surface area contributed by atoms with Crippen molar-refractivity contribution in [2.75, 3.05) is 6.54 Å². The Hall–Kier alpha value is -1.35. The van der Waals surface area contributed by atoms with Crippen molar-refractivity contribution in [3.05, 3.63) is 35.9 Å². The first-order valence-corrected chi connectivity index (χ1v) is 7.64. The topological polar surface area (TPSA) is 38.3 Å². The summed E-state index contributed by atoms with van der Waals surface area (Å²) in [7, 11) is 0. The second-order valence-electron chi connectivity index (χ2n) is 5.79. The number of esters is 1. The van der Waals surface area contributed by atoms with Crippen molar-refractivity contribution >= 4 is 5.97 Å². The fourth-order valence-electron chi connectivity index (χ4n) is 2.47. The second-order valence-corrected chi connectivity index (χ2v) is 5.79. The SMILES string of the molecule is CCCC1CC1NCC(C)C(=O)OCc1ccccc1. The normalized spacial score (nSPS) is 22.3. The largest absolute Gasteiger partial charge is 0.461 e. The van der Waals surface area contributed by atoms with Crippen molar-refractivity contribution < 1.29 is 9.53 Å². The molecule has 0 radical (unpaired) electrons. The number of hydrogen-bond donors (Lipinski definition) is 1. The minimum atomic E-state index is -0.117. The van der Waals surface area contributed by atoms with Crippen molar-refractivity contribution in [1.82, 2.24) is 5.32 Å². The maximum atomic E-state index is 11.9. The van der Waals surface area contributed by atoms with Gasteiger partial charge in [-0.1, -0.05) is 50.6 Å². The smallest absolute Gasteiger partial charge is 0.310 e. The lowest BCUT2D eigenvalue weighted by Gasteiger charge is -2.12. The minimum absolute atomic E-state index is 0.0819. The average molecular weight is 275 g/mol. The van der Waals surface area contributed by atoms with E-state index in [0.717, 1.165) is 18.0 Å². The second kappa shape index (κ2) is 7.44. The summed E-state index contributed by atoms with van der Waals surface area (Å²) in [5, 5.41) is 3.47. The van der Waals surface area contributed by atoms with Gasteiger partial charge in [-0.3, -0.25) is 4.79 Å². The van der Waals surface area contributed by atoms with E-state index in [2.05, 4.69) is 12.2 Å². The van der Waals surface area contributed by atoms with Crippen LogP contribution in [0.25, 0.3) is 0 Å². The highest BCUT2D eigenvalue weighted by atomic mass is 16.5. The molecule has 3 heteroatoms. The van der Waals surface area contributed by atoms with Crippen molar-refractivity contribution in [1.29, 1.82) is 0 Å². The third-order valence-electron chi connectivity index (χ3n) is 3.89. The molecule has 0 aliphatic heterocycles. The molecule has 0 aromatic heterocycles. The van der Waals surface area contributed by atoms with Crippen LogP contribution in [0.4, 0.5) is 0 Å². The van der Waals surface area contributed by atoms with Crippen LogP contribution in [0.5, 0.6) is 0 Å². The maximum absolute atomic E-state index is 11.9. The van der Waals surface area contributed by atoms with Crippen molar-refractivity contribution in [3.63, 3.8) is 0 Å². The first-order chi connectivity index (χ1) is 9.70. The highest BCUT2D eigenvalue weighted by Gasteiger charge is 2.35. The van der Waals surface area contributed by atoms with Crippen LogP contribution < -0.4 is 5.32 Å². The molecule has 1 fully saturated rings. The van der Waals surface area contributed by atoms with Gasteiger partial charge >= 0.3 is 5.97 Å². The molecule has 0 amide bonds. The lowest BCUT2D eigenvalue weighted by Crippen LogP contribution is -2.30. The summed E-state index contributed by atoms with van der Waals surface area (Å²) in [6, 6.07) is 10.4. The lowest BCUT2D eigenvalue weighted by atomic mass is 10.2. The van der Waals surface area contributed by atoms with Crippen LogP contribution >= 0.6 is 0 Å². The molecule has 1 aromatic carbocycles. The Morgan fingerprint density at radius 3 is 2.85 bits per heavy atom. The van der Waals surface area contributed by atoms with E-state index in [0.29, 0.717) is 12.6 Å². The Morgan fingerprint density at radius 1 is 1.40 bits per heavy atom. The van der Waals surface area contributed by atoms with Crippen LogP contribution in [-0.4, -0.2) is 18.6 Å². The van der Waals surface area contributed by atoms with Gasteiger partial charge in [-0.2, -0.15) is 0 Å². The van der Waals surface area contributed by atoms with E-state index in [1.54, 1.807) is 0 Å². The van der Waals surface area contributed by atoms with E-state index in [-0.39, 0.29) is 11.9 Å². The third kappa shape index (κ3) is 4.64. The number of nitrogens with one attached hydrogen (secondary N) is 1. The van der Waals surface area contributed by atoms with E-state index >= 15 is 0 Å². The Kier molecular flexibility index (Phi) is 5.60. The molecule has 3 nitrogen and oxygen atoms in total. The van der Waals surface area contributed by atoms with Gasteiger partial charge in [0.05, 0.1) is 5.92 Å². The molecule has 3 atom stereocenters. The first-order valence-electron chi connectivity index (χ1n) is 7.64. The van der Waals surface area contributed by atoms with E-state index in [9.17, 15) is 4.79 Å². The summed E-state index contributed by atoms with van der Waals surface area (Å²) >= 11 is 0. The number of carbonyl (C=O) groups excluding carboxylic acids is 1. The summed E-state index contributed by atoms with van der Waals surface area (Å²) in [5.74, 6) is 0.628. The molecule has 1 N–H and O–H groups in total. The van der Waals surface area contributed by atoms with Crippen molar-refractivity contribution in [2.24, 2.45) is 11.8 Å². The fourth-order valence-corrected chi connectivity index (χ4v) is 2.47. The molecule has 1 aliphatic rings. The van der Waals surface area contributed by atoms with E-state index in [1.165, 1.54) is 19.3 Å². The molecule has 110 valence electrons. The van der Waals surface area contributed by atoms with Gasteiger partial charge in [0.2, 0.25) is 0 Å². The van der Waals surface area contributed by atoms with Crippen LogP contribution in [0.2, 0.25) is 0 Å². The molecule has 3 unspecified atom stereocenters. The minimum Gasteiger partial charge on any atom is -0.461 e. The zero-order chi connectivity index (χ0) is 14.4. The van der Waals surface area contributed by atoms with E-state index in [1.807, 2.05) is 37.3 Å². The third-order valence-corrected chi connectivity index (χ3v) is 3.89. The molecule has 20 heavy (non-hydrogen) atoms. The van der Waals surface area contributed by atoms with Crippen molar-refractivity contribution in [2.45, 2.75) is 45.8 Å². The molecule has 2 rings (SSSR count). The van der Waals surface area contributed by atoms with Gasteiger partial charge in [-0.05, 0) is 24.3 Å². The Balaban J connectivity index is 1.63. The summed E-state index contributed by atoms with van der Waals surface area (Å²) in [6.45, 7) is 5.24.